The maximum Gasteiger partial charge on any atom is 0.259 e. The maximum atomic E-state index is 12.4. The van der Waals surface area contributed by atoms with Crippen LogP contribution in [0, 0.1) is 0 Å². The van der Waals surface area contributed by atoms with E-state index in [1.807, 2.05) is 5.38 Å². The largest absolute Gasteiger partial charge is 0.396 e. The van der Waals surface area contributed by atoms with Crippen LogP contribution in [0.15, 0.2) is 10.2 Å². The molecular formula is C17H18N4O3S2. The third-order valence-corrected chi connectivity index (χ3v) is 6.37. The van der Waals surface area contributed by atoms with Crippen LogP contribution in [0.25, 0.3) is 10.2 Å². The van der Waals surface area contributed by atoms with E-state index in [2.05, 4.69) is 20.3 Å². The Balaban J connectivity index is 1.42. The van der Waals surface area contributed by atoms with E-state index in [0.29, 0.717) is 23.8 Å². The van der Waals surface area contributed by atoms with Crippen LogP contribution in [0.4, 0.5) is 5.13 Å². The predicted octanol–water partition coefficient (Wildman–Crippen LogP) is 2.04. The van der Waals surface area contributed by atoms with Gasteiger partial charge in [0.1, 0.15) is 10.7 Å². The van der Waals surface area contributed by atoms with Crippen molar-refractivity contribution < 1.29 is 9.90 Å². The number of carbonyl (C=O) groups excluding carboxylic acids is 1. The van der Waals surface area contributed by atoms with Gasteiger partial charge in [-0.05, 0) is 24.8 Å². The molecule has 7 nitrogen and oxygen atoms in total. The number of hydrogen-bond acceptors (Lipinski definition) is 7. The molecule has 0 atom stereocenters. The minimum Gasteiger partial charge on any atom is -0.396 e. The number of thiazole rings is 1. The number of aromatic amines is 1. The molecule has 3 heterocycles. The van der Waals surface area contributed by atoms with Gasteiger partial charge in [-0.1, -0.05) is 0 Å². The second kappa shape index (κ2) is 7.26. The number of thiophene rings is 1. The summed E-state index contributed by atoms with van der Waals surface area (Å²) in [6.07, 6.45) is 4.15. The molecule has 9 heteroatoms. The Bertz CT molecular complexity index is 1020. The first-order valence-electron chi connectivity index (χ1n) is 8.52. The van der Waals surface area contributed by atoms with Gasteiger partial charge in [0, 0.05) is 36.1 Å². The lowest BCUT2D eigenvalue weighted by Crippen LogP contribution is -2.16. The predicted molar refractivity (Wildman–Crippen MR) is 102 cm³/mol. The Labute approximate surface area is 157 Å². The van der Waals surface area contributed by atoms with Crippen LogP contribution in [0.5, 0.6) is 0 Å². The molecule has 0 radical (unpaired) electrons. The summed E-state index contributed by atoms with van der Waals surface area (Å²) in [6, 6.07) is 0. The van der Waals surface area contributed by atoms with Gasteiger partial charge < -0.3 is 15.4 Å². The second-order valence-corrected chi connectivity index (χ2v) is 8.16. The maximum absolute atomic E-state index is 12.4. The summed E-state index contributed by atoms with van der Waals surface area (Å²) in [5.41, 5.74) is 1.82. The molecule has 136 valence electrons. The molecule has 3 aromatic rings. The van der Waals surface area contributed by atoms with Crippen LogP contribution in [0.3, 0.4) is 0 Å². The van der Waals surface area contributed by atoms with Crippen LogP contribution in [-0.4, -0.2) is 32.6 Å². The molecule has 0 fully saturated rings. The number of hydrogen-bond donors (Lipinski definition) is 3. The van der Waals surface area contributed by atoms with E-state index in [4.69, 9.17) is 5.11 Å². The highest BCUT2D eigenvalue weighted by atomic mass is 32.1. The topological polar surface area (TPSA) is 108 Å². The van der Waals surface area contributed by atoms with Crippen LogP contribution in [0.2, 0.25) is 0 Å². The van der Waals surface area contributed by atoms with Crippen molar-refractivity contribution in [3.63, 3.8) is 0 Å². The number of fused-ring (bicyclic) bond motifs is 3. The lowest BCUT2D eigenvalue weighted by atomic mass is 10.2. The first-order chi connectivity index (χ1) is 12.6. The summed E-state index contributed by atoms with van der Waals surface area (Å²) in [7, 11) is 0. The summed E-state index contributed by atoms with van der Waals surface area (Å²) in [4.78, 5) is 38.2. The average molecular weight is 390 g/mol. The molecule has 0 spiro atoms. The third kappa shape index (κ3) is 3.42. The van der Waals surface area contributed by atoms with Gasteiger partial charge in [0.25, 0.3) is 5.56 Å². The minimum atomic E-state index is -0.175. The van der Waals surface area contributed by atoms with Crippen LogP contribution < -0.4 is 10.9 Å². The zero-order chi connectivity index (χ0) is 18.1. The molecular weight excluding hydrogens is 372 g/mol. The van der Waals surface area contributed by atoms with E-state index in [9.17, 15) is 9.59 Å². The van der Waals surface area contributed by atoms with E-state index in [1.54, 1.807) is 11.3 Å². The number of aliphatic hydroxyl groups is 1. The molecule has 1 aliphatic carbocycles. The number of nitrogens with zero attached hydrogens (tertiary/aromatic N) is 2. The second-order valence-electron chi connectivity index (χ2n) is 6.22. The van der Waals surface area contributed by atoms with Crippen molar-refractivity contribution in [1.29, 1.82) is 0 Å². The molecule has 0 saturated carbocycles. The Morgan fingerprint density at radius 1 is 1.31 bits per heavy atom. The normalized spacial score (nSPS) is 13.3. The number of anilines is 1. The van der Waals surface area contributed by atoms with Crippen molar-refractivity contribution >= 4 is 43.9 Å². The molecule has 0 aliphatic heterocycles. The summed E-state index contributed by atoms with van der Waals surface area (Å²) in [6.45, 7) is 0.0325. The molecule has 1 amide bonds. The number of nitrogens with one attached hydrogen (secondary N) is 2. The Morgan fingerprint density at radius 2 is 2.19 bits per heavy atom. The first-order valence-corrected chi connectivity index (χ1v) is 10.2. The molecule has 1 aliphatic rings. The molecule has 0 unspecified atom stereocenters. The van der Waals surface area contributed by atoms with Crippen molar-refractivity contribution in [2.75, 3.05) is 11.9 Å². The standard InChI is InChI=1S/C17H18N4O3S2/c22-7-6-9-8-25-17(18-9)21-13(23)5-4-12-19-15(24)14-10-2-1-3-11(10)26-16(14)20-12/h8,22H,1-7H2,(H,18,21,23)(H,19,20,24). The molecule has 3 N–H and O–H groups in total. The average Bonchev–Trinajstić information content (AvgIpc) is 3.29. The number of rotatable bonds is 6. The molecule has 0 bridgehead atoms. The summed E-state index contributed by atoms with van der Waals surface area (Å²) in [5, 5.41) is 14.7. The summed E-state index contributed by atoms with van der Waals surface area (Å²) < 4.78 is 0. The van der Waals surface area contributed by atoms with Gasteiger partial charge in [-0.15, -0.1) is 22.7 Å². The number of aliphatic hydroxyl groups excluding tert-OH is 1. The van der Waals surface area contributed by atoms with Gasteiger partial charge >= 0.3 is 0 Å². The molecule has 3 aromatic heterocycles. The van der Waals surface area contributed by atoms with Gasteiger partial charge in [0.15, 0.2) is 5.13 Å². The molecule has 26 heavy (non-hydrogen) atoms. The highest BCUT2D eigenvalue weighted by Crippen LogP contribution is 2.34. The Kier molecular flexibility index (Phi) is 4.84. The van der Waals surface area contributed by atoms with Gasteiger partial charge in [-0.3, -0.25) is 9.59 Å². The van der Waals surface area contributed by atoms with Gasteiger partial charge in [-0.2, -0.15) is 0 Å². The molecule has 0 aromatic carbocycles. The van der Waals surface area contributed by atoms with E-state index in [-0.39, 0.29) is 24.5 Å². The van der Waals surface area contributed by atoms with E-state index in [0.717, 1.165) is 40.7 Å². The number of aryl methyl sites for hydroxylation is 3. The lowest BCUT2D eigenvalue weighted by molar-refractivity contribution is -0.116. The fraction of sp³-hybridized carbons (Fsp3) is 0.412. The summed E-state index contributed by atoms with van der Waals surface area (Å²) in [5.74, 6) is 0.365. The number of amides is 1. The van der Waals surface area contributed by atoms with E-state index < -0.39 is 0 Å². The third-order valence-electron chi connectivity index (χ3n) is 4.38. The van der Waals surface area contributed by atoms with E-state index in [1.165, 1.54) is 16.2 Å². The fourth-order valence-electron chi connectivity index (χ4n) is 3.17. The van der Waals surface area contributed by atoms with Crippen LogP contribution >= 0.6 is 22.7 Å². The highest BCUT2D eigenvalue weighted by molar-refractivity contribution is 7.18. The van der Waals surface area contributed by atoms with E-state index >= 15 is 0 Å². The molecule has 4 rings (SSSR count). The molecule has 0 saturated heterocycles. The van der Waals surface area contributed by atoms with Crippen molar-refractivity contribution in [3.8, 4) is 0 Å². The van der Waals surface area contributed by atoms with Crippen LogP contribution in [0.1, 0.15) is 34.8 Å². The monoisotopic (exact) mass is 390 g/mol. The zero-order valence-electron chi connectivity index (χ0n) is 14.0. The Hall–Kier alpha value is -2.10. The quantitative estimate of drug-likeness (QED) is 0.597. The van der Waals surface area contributed by atoms with Crippen molar-refractivity contribution in [1.82, 2.24) is 15.0 Å². The van der Waals surface area contributed by atoms with Gasteiger partial charge in [0.2, 0.25) is 5.91 Å². The minimum absolute atomic E-state index is 0.0325. The van der Waals surface area contributed by atoms with Crippen molar-refractivity contribution in [2.45, 2.75) is 38.5 Å². The zero-order valence-corrected chi connectivity index (χ0v) is 15.6. The smallest absolute Gasteiger partial charge is 0.259 e. The fourth-order valence-corrected chi connectivity index (χ4v) is 5.21. The number of carbonyl (C=O) groups is 1. The van der Waals surface area contributed by atoms with Crippen LogP contribution in [-0.2, 0) is 30.5 Å². The first kappa shape index (κ1) is 17.3. The Morgan fingerprint density at radius 3 is 3.04 bits per heavy atom. The van der Waals surface area contributed by atoms with Crippen molar-refractivity contribution in [2.24, 2.45) is 0 Å². The number of H-pyrrole nitrogens is 1. The lowest BCUT2D eigenvalue weighted by Gasteiger charge is -2.02. The number of aromatic nitrogens is 3. The van der Waals surface area contributed by atoms with Gasteiger partial charge in [0.05, 0.1) is 11.1 Å². The SMILES string of the molecule is O=C(CCc1nc2sc3c(c2c(=O)[nH]1)CCC3)Nc1nc(CCO)cs1. The van der Waals surface area contributed by atoms with Gasteiger partial charge in [-0.25, -0.2) is 9.97 Å². The highest BCUT2D eigenvalue weighted by Gasteiger charge is 2.21. The summed E-state index contributed by atoms with van der Waals surface area (Å²) >= 11 is 2.93. The van der Waals surface area contributed by atoms with Crippen molar-refractivity contribution in [3.05, 3.63) is 37.7 Å².